The third kappa shape index (κ3) is 9.84. The minimum Gasteiger partial charge on any atom is -0.491 e. The van der Waals surface area contributed by atoms with Crippen LogP contribution in [0.4, 0.5) is 8.78 Å². The molecule has 4 aromatic carbocycles. The normalized spacial score (nSPS) is 10.5. The number of carbonyl (C=O) groups excluding carboxylic acids is 1. The summed E-state index contributed by atoms with van der Waals surface area (Å²) in [5, 5.41) is 27.6. The molecule has 0 aliphatic heterocycles. The van der Waals surface area contributed by atoms with Gasteiger partial charge in [-0.15, -0.1) is 0 Å². The highest BCUT2D eigenvalue weighted by atomic mass is 19.1. The van der Waals surface area contributed by atoms with Gasteiger partial charge in [0.2, 0.25) is 0 Å². The lowest BCUT2D eigenvalue weighted by Crippen LogP contribution is -2.26. The predicted molar refractivity (Wildman–Crippen MR) is 183 cm³/mol. The van der Waals surface area contributed by atoms with E-state index in [0.29, 0.717) is 25.3 Å². The number of aromatic amines is 2. The number of nitrogens with one attached hydrogen (secondary N) is 3. The lowest BCUT2D eigenvalue weighted by molar-refractivity contribution is 0.0695. The Morgan fingerprint density at radius 1 is 0.776 bits per heavy atom. The van der Waals surface area contributed by atoms with E-state index >= 15 is 0 Å². The van der Waals surface area contributed by atoms with Crippen LogP contribution in [0.5, 0.6) is 11.5 Å². The van der Waals surface area contributed by atoms with Crippen LogP contribution in [0.2, 0.25) is 0 Å². The zero-order chi connectivity index (χ0) is 35.3. The van der Waals surface area contributed by atoms with Crippen LogP contribution in [0.3, 0.4) is 0 Å². The summed E-state index contributed by atoms with van der Waals surface area (Å²) >= 11 is 0. The molecule has 0 aliphatic carbocycles. The standard InChI is InChI=1S/C18H18FN3O2.C9H9FO3.C9H11N3/c1-3-24-17-9-13(5-6-15(17)19)18(23)22(2)11-12-4-7-16-14(8-12)10-20-21-16;1-2-13-8-5-6(9(11)12)3-4-7(8)10;1-10-5-7-2-3-9-8(4-7)6-11-12-9/h4-10H,3,11H2,1-2H3,(H,20,21);3-5H,2H2,1H3,(H,11,12);2-4,6,10H,5H2,1H3,(H,11,12). The number of hydrogen-bond acceptors (Lipinski definition) is 7. The fourth-order valence-corrected chi connectivity index (χ4v) is 4.77. The number of ether oxygens (including phenoxy) is 2. The first-order valence-electron chi connectivity index (χ1n) is 15.5. The van der Waals surface area contributed by atoms with Crippen molar-refractivity contribution in [3.63, 3.8) is 0 Å². The van der Waals surface area contributed by atoms with Crippen molar-refractivity contribution < 1.29 is 33.0 Å². The van der Waals surface area contributed by atoms with Crippen molar-refractivity contribution in [2.45, 2.75) is 26.9 Å². The molecule has 0 bridgehead atoms. The summed E-state index contributed by atoms with van der Waals surface area (Å²) in [5.41, 5.74) is 4.73. The number of carboxylic acids is 1. The van der Waals surface area contributed by atoms with Gasteiger partial charge in [-0.05, 0) is 92.7 Å². The smallest absolute Gasteiger partial charge is 0.335 e. The quantitative estimate of drug-likeness (QED) is 0.128. The Labute approximate surface area is 281 Å². The lowest BCUT2D eigenvalue weighted by atomic mass is 10.1. The van der Waals surface area contributed by atoms with E-state index in [4.69, 9.17) is 14.6 Å². The van der Waals surface area contributed by atoms with E-state index in [1.165, 1.54) is 41.3 Å². The molecule has 0 saturated carbocycles. The van der Waals surface area contributed by atoms with Crippen molar-refractivity contribution in [2.75, 3.05) is 27.3 Å². The summed E-state index contributed by atoms with van der Waals surface area (Å²) in [4.78, 5) is 24.6. The molecule has 0 atom stereocenters. The Kier molecular flexibility index (Phi) is 12.8. The molecule has 0 spiro atoms. The number of benzene rings is 4. The summed E-state index contributed by atoms with van der Waals surface area (Å²) in [7, 11) is 3.66. The molecule has 13 heteroatoms. The van der Waals surface area contributed by atoms with Gasteiger partial charge >= 0.3 is 5.97 Å². The molecule has 2 aromatic heterocycles. The first kappa shape index (κ1) is 36.0. The summed E-state index contributed by atoms with van der Waals surface area (Å²) in [6.45, 7) is 5.47. The molecule has 0 saturated heterocycles. The van der Waals surface area contributed by atoms with Crippen LogP contribution in [0.25, 0.3) is 21.8 Å². The van der Waals surface area contributed by atoms with Gasteiger partial charge in [0.25, 0.3) is 5.91 Å². The molecular formula is C36H38F2N6O5. The number of fused-ring (bicyclic) bond motifs is 2. The molecule has 11 nitrogen and oxygen atoms in total. The number of amides is 1. The topological polar surface area (TPSA) is 145 Å². The van der Waals surface area contributed by atoms with Crippen LogP contribution in [0.1, 0.15) is 45.7 Å². The summed E-state index contributed by atoms with van der Waals surface area (Å²) in [6.07, 6.45) is 3.59. The second-order valence-electron chi connectivity index (χ2n) is 10.7. The Bertz CT molecular complexity index is 2010. The maximum Gasteiger partial charge on any atom is 0.335 e. The lowest BCUT2D eigenvalue weighted by Gasteiger charge is -2.18. The van der Waals surface area contributed by atoms with Crippen molar-refractivity contribution in [3.05, 3.63) is 119 Å². The molecule has 6 rings (SSSR count). The summed E-state index contributed by atoms with van der Waals surface area (Å²) < 4.78 is 36.6. The van der Waals surface area contributed by atoms with E-state index in [1.54, 1.807) is 32.0 Å². The van der Waals surface area contributed by atoms with Crippen LogP contribution in [-0.2, 0) is 13.1 Å². The molecule has 0 radical (unpaired) electrons. The molecule has 49 heavy (non-hydrogen) atoms. The van der Waals surface area contributed by atoms with Crippen molar-refractivity contribution in [2.24, 2.45) is 0 Å². The van der Waals surface area contributed by atoms with E-state index < -0.39 is 17.6 Å². The maximum atomic E-state index is 13.6. The molecule has 4 N–H and O–H groups in total. The van der Waals surface area contributed by atoms with E-state index in [2.05, 4.69) is 43.9 Å². The number of nitrogens with zero attached hydrogens (tertiary/aromatic N) is 3. The number of rotatable bonds is 10. The highest BCUT2D eigenvalue weighted by molar-refractivity contribution is 5.94. The predicted octanol–water partition coefficient (Wildman–Crippen LogP) is 6.58. The molecule has 0 unspecified atom stereocenters. The van der Waals surface area contributed by atoms with Gasteiger partial charge in [-0.2, -0.15) is 10.2 Å². The average molecular weight is 673 g/mol. The first-order chi connectivity index (χ1) is 23.6. The molecule has 0 fully saturated rings. The summed E-state index contributed by atoms with van der Waals surface area (Å²) in [5.74, 6) is -2.24. The van der Waals surface area contributed by atoms with Gasteiger partial charge in [0.1, 0.15) is 0 Å². The largest absolute Gasteiger partial charge is 0.491 e. The minimum atomic E-state index is -1.10. The average Bonchev–Trinajstić information content (AvgIpc) is 3.76. The first-order valence-corrected chi connectivity index (χ1v) is 15.5. The molecule has 0 aliphatic rings. The molecule has 1 amide bonds. The van der Waals surface area contributed by atoms with Gasteiger partial charge in [-0.1, -0.05) is 12.1 Å². The second kappa shape index (κ2) is 17.4. The molecule has 6 aromatic rings. The van der Waals surface area contributed by atoms with Crippen molar-refractivity contribution in [1.29, 1.82) is 0 Å². The van der Waals surface area contributed by atoms with E-state index in [9.17, 15) is 18.4 Å². The van der Waals surface area contributed by atoms with Crippen molar-refractivity contribution in [1.82, 2.24) is 30.6 Å². The van der Waals surface area contributed by atoms with Crippen molar-refractivity contribution >= 4 is 33.7 Å². The van der Waals surface area contributed by atoms with Gasteiger partial charge in [0.15, 0.2) is 23.1 Å². The molecule has 2 heterocycles. The number of aromatic nitrogens is 4. The molecule has 256 valence electrons. The van der Waals surface area contributed by atoms with E-state index in [-0.39, 0.29) is 23.0 Å². The fraction of sp³-hybridized carbons (Fsp3) is 0.222. The van der Waals surface area contributed by atoms with Crippen LogP contribution < -0.4 is 14.8 Å². The number of carbonyl (C=O) groups is 2. The maximum absolute atomic E-state index is 13.6. The Morgan fingerprint density at radius 2 is 1.29 bits per heavy atom. The monoisotopic (exact) mass is 672 g/mol. The zero-order valence-electron chi connectivity index (χ0n) is 27.6. The number of H-pyrrole nitrogens is 2. The SMILES string of the molecule is CCOc1cc(C(=O)N(C)Cc2ccc3[nH]ncc3c2)ccc1F.CCOc1cc(C(=O)O)ccc1F.CNCc1ccc2[nH]ncc2c1. The zero-order valence-corrected chi connectivity index (χ0v) is 27.6. The number of halogens is 2. The van der Waals surface area contributed by atoms with Gasteiger partial charge in [-0.25, -0.2) is 13.6 Å². The van der Waals surface area contributed by atoms with Gasteiger partial charge < -0.3 is 24.8 Å². The van der Waals surface area contributed by atoms with E-state index in [1.807, 2.05) is 31.4 Å². The Morgan fingerprint density at radius 3 is 1.82 bits per heavy atom. The van der Waals surface area contributed by atoms with Crippen LogP contribution >= 0.6 is 0 Å². The van der Waals surface area contributed by atoms with Crippen LogP contribution in [0, 0.1) is 11.6 Å². The third-order valence-electron chi connectivity index (χ3n) is 7.11. The van der Waals surface area contributed by atoms with Crippen molar-refractivity contribution in [3.8, 4) is 11.5 Å². The minimum absolute atomic E-state index is 0.0184. The summed E-state index contributed by atoms with van der Waals surface area (Å²) in [6, 6.07) is 19.7. The van der Waals surface area contributed by atoms with Gasteiger partial charge in [-0.3, -0.25) is 15.0 Å². The van der Waals surface area contributed by atoms with Gasteiger partial charge in [0.05, 0.1) is 42.2 Å². The highest BCUT2D eigenvalue weighted by Crippen LogP contribution is 2.21. The fourth-order valence-electron chi connectivity index (χ4n) is 4.77. The Balaban J connectivity index is 0.000000182. The van der Waals surface area contributed by atoms with Crippen LogP contribution in [0.15, 0.2) is 85.2 Å². The number of carboxylic acid groups (broad SMARTS) is 1. The van der Waals surface area contributed by atoms with E-state index in [0.717, 1.165) is 34.6 Å². The van der Waals surface area contributed by atoms with Crippen LogP contribution in [-0.4, -0.2) is 69.6 Å². The number of aromatic carboxylic acids is 1. The third-order valence-corrected chi connectivity index (χ3v) is 7.11. The Hall–Kier alpha value is -5.82. The molecular weight excluding hydrogens is 634 g/mol. The van der Waals surface area contributed by atoms with Gasteiger partial charge in [0, 0.05) is 36.5 Å². The second-order valence-corrected chi connectivity index (χ2v) is 10.7. The number of hydrogen-bond donors (Lipinski definition) is 4. The highest BCUT2D eigenvalue weighted by Gasteiger charge is 2.15.